The molecule has 0 aliphatic carbocycles. The number of fused-ring (bicyclic) bond motifs is 1. The van der Waals surface area contributed by atoms with Crippen molar-refractivity contribution in [2.24, 2.45) is 0 Å². The van der Waals surface area contributed by atoms with Gasteiger partial charge in [0.05, 0.1) is 39.6 Å². The SMILES string of the molecule is COc1ccc(CCC(c2ccc(OC)c(OC)c2)c2c(C#N)c(C#N)cc3ccccc23)cc1OC. The highest BCUT2D eigenvalue weighted by atomic mass is 16.5. The molecule has 0 N–H and O–H groups in total. The standard InChI is InChI=1S/C31H28N2O4/c1-34-27-13-10-20(15-29(27)36-3)9-12-25(22-11-14-28(35-2)30(17-22)37-4)31-24-8-6-5-7-21(24)16-23(18-32)26(31)19-33/h5-8,10-11,13-17,25H,9,12H2,1-4H3. The van der Waals surface area contributed by atoms with Crippen molar-refractivity contribution in [3.05, 3.63) is 94.5 Å². The first-order chi connectivity index (χ1) is 18.1. The smallest absolute Gasteiger partial charge is 0.161 e. The summed E-state index contributed by atoms with van der Waals surface area (Å²) < 4.78 is 21.9. The summed E-state index contributed by atoms with van der Waals surface area (Å²) in [5.41, 5.74) is 3.64. The van der Waals surface area contributed by atoms with Crippen LogP contribution in [0.25, 0.3) is 10.8 Å². The number of hydrogen-bond donors (Lipinski definition) is 0. The average molecular weight is 493 g/mol. The maximum atomic E-state index is 10.2. The zero-order chi connectivity index (χ0) is 26.4. The fraction of sp³-hybridized carbons (Fsp3) is 0.226. The van der Waals surface area contributed by atoms with Gasteiger partial charge in [-0.05, 0) is 70.6 Å². The van der Waals surface area contributed by atoms with Crippen LogP contribution in [-0.2, 0) is 6.42 Å². The third-order valence-electron chi connectivity index (χ3n) is 6.65. The molecule has 0 bridgehead atoms. The highest BCUT2D eigenvalue weighted by Crippen LogP contribution is 2.41. The zero-order valence-electron chi connectivity index (χ0n) is 21.4. The van der Waals surface area contributed by atoms with Gasteiger partial charge < -0.3 is 18.9 Å². The van der Waals surface area contributed by atoms with E-state index in [2.05, 4.69) is 12.1 Å². The quantitative estimate of drug-likeness (QED) is 0.269. The van der Waals surface area contributed by atoms with E-state index in [1.165, 1.54) is 0 Å². The van der Waals surface area contributed by atoms with E-state index in [0.29, 0.717) is 47.0 Å². The fourth-order valence-corrected chi connectivity index (χ4v) is 4.84. The van der Waals surface area contributed by atoms with Gasteiger partial charge in [0.15, 0.2) is 23.0 Å². The summed E-state index contributed by atoms with van der Waals surface area (Å²) in [6.45, 7) is 0. The molecule has 0 heterocycles. The lowest BCUT2D eigenvalue weighted by molar-refractivity contribution is 0.354. The first-order valence-electron chi connectivity index (χ1n) is 11.9. The molecule has 0 radical (unpaired) electrons. The van der Waals surface area contributed by atoms with Crippen LogP contribution in [0.1, 0.15) is 40.2 Å². The van der Waals surface area contributed by atoms with Crippen LogP contribution in [0.5, 0.6) is 23.0 Å². The molecule has 186 valence electrons. The Labute approximate surface area is 217 Å². The summed E-state index contributed by atoms with van der Waals surface area (Å²) in [6, 6.07) is 25.9. The summed E-state index contributed by atoms with van der Waals surface area (Å²) in [4.78, 5) is 0. The Hall–Kier alpha value is -4.68. The lowest BCUT2D eigenvalue weighted by Crippen LogP contribution is -2.09. The molecule has 4 aromatic rings. The molecule has 0 fully saturated rings. The van der Waals surface area contributed by atoms with Gasteiger partial charge >= 0.3 is 0 Å². The maximum absolute atomic E-state index is 10.2. The van der Waals surface area contributed by atoms with Crippen LogP contribution < -0.4 is 18.9 Å². The first-order valence-corrected chi connectivity index (χ1v) is 11.9. The van der Waals surface area contributed by atoms with Crippen molar-refractivity contribution in [3.63, 3.8) is 0 Å². The maximum Gasteiger partial charge on any atom is 0.161 e. The van der Waals surface area contributed by atoms with Crippen LogP contribution in [0, 0.1) is 22.7 Å². The van der Waals surface area contributed by atoms with Gasteiger partial charge in [-0.3, -0.25) is 0 Å². The number of methoxy groups -OCH3 is 4. The van der Waals surface area contributed by atoms with Crippen molar-refractivity contribution in [2.45, 2.75) is 18.8 Å². The summed E-state index contributed by atoms with van der Waals surface area (Å²) in [6.07, 6.45) is 1.38. The van der Waals surface area contributed by atoms with Gasteiger partial charge in [0.2, 0.25) is 0 Å². The van der Waals surface area contributed by atoms with Crippen LogP contribution >= 0.6 is 0 Å². The van der Waals surface area contributed by atoms with Crippen molar-refractivity contribution in [3.8, 4) is 35.1 Å². The van der Waals surface area contributed by atoms with E-state index >= 15 is 0 Å². The Bertz CT molecular complexity index is 1510. The molecule has 0 aromatic heterocycles. The average Bonchev–Trinajstić information content (AvgIpc) is 2.96. The number of ether oxygens (including phenoxy) is 4. The number of nitrogens with zero attached hydrogens (tertiary/aromatic N) is 2. The molecule has 0 aliphatic rings. The molecule has 6 heteroatoms. The third-order valence-corrected chi connectivity index (χ3v) is 6.65. The number of rotatable bonds is 9. The number of nitriles is 2. The largest absolute Gasteiger partial charge is 0.493 e. The highest BCUT2D eigenvalue weighted by Gasteiger charge is 2.24. The predicted molar refractivity (Wildman–Crippen MR) is 143 cm³/mol. The second-order valence-electron chi connectivity index (χ2n) is 8.55. The van der Waals surface area contributed by atoms with Crippen LogP contribution in [0.4, 0.5) is 0 Å². The molecule has 37 heavy (non-hydrogen) atoms. The third kappa shape index (κ3) is 5.01. The van der Waals surface area contributed by atoms with E-state index in [4.69, 9.17) is 18.9 Å². The molecular formula is C31H28N2O4. The van der Waals surface area contributed by atoms with E-state index in [1.807, 2.05) is 60.7 Å². The van der Waals surface area contributed by atoms with E-state index in [9.17, 15) is 10.5 Å². The number of benzene rings is 4. The second kappa shape index (κ2) is 11.4. The summed E-state index contributed by atoms with van der Waals surface area (Å²) >= 11 is 0. The van der Waals surface area contributed by atoms with Gasteiger partial charge in [-0.25, -0.2) is 0 Å². The van der Waals surface area contributed by atoms with Gasteiger partial charge in [-0.1, -0.05) is 36.4 Å². The molecule has 0 spiro atoms. The monoisotopic (exact) mass is 492 g/mol. The van der Waals surface area contributed by atoms with E-state index in [-0.39, 0.29) is 5.92 Å². The van der Waals surface area contributed by atoms with Gasteiger partial charge in [0, 0.05) is 5.92 Å². The number of aryl methyl sites for hydroxylation is 1. The van der Waals surface area contributed by atoms with Crippen LogP contribution in [0.3, 0.4) is 0 Å². The van der Waals surface area contributed by atoms with E-state index in [0.717, 1.165) is 27.5 Å². The Morgan fingerprint density at radius 2 is 1.35 bits per heavy atom. The van der Waals surface area contributed by atoms with Crippen molar-refractivity contribution >= 4 is 10.8 Å². The summed E-state index contributed by atoms with van der Waals surface area (Å²) in [7, 11) is 6.44. The second-order valence-corrected chi connectivity index (χ2v) is 8.55. The van der Waals surface area contributed by atoms with Gasteiger partial charge in [-0.2, -0.15) is 10.5 Å². The zero-order valence-corrected chi connectivity index (χ0v) is 21.4. The molecule has 4 rings (SSSR count). The highest BCUT2D eigenvalue weighted by molar-refractivity contribution is 5.90. The minimum absolute atomic E-state index is 0.194. The molecule has 1 unspecified atom stereocenters. The summed E-state index contributed by atoms with van der Waals surface area (Å²) in [5.74, 6) is 2.37. The van der Waals surface area contributed by atoms with Crippen LogP contribution in [0.2, 0.25) is 0 Å². The van der Waals surface area contributed by atoms with Crippen molar-refractivity contribution in [1.29, 1.82) is 10.5 Å². The summed E-state index contributed by atoms with van der Waals surface area (Å²) in [5, 5.41) is 22.0. The Morgan fingerprint density at radius 1 is 0.703 bits per heavy atom. The predicted octanol–water partition coefficient (Wildman–Crippen LogP) is 6.38. The van der Waals surface area contributed by atoms with Gasteiger partial charge in [0.25, 0.3) is 0 Å². The topological polar surface area (TPSA) is 84.5 Å². The minimum Gasteiger partial charge on any atom is -0.493 e. The minimum atomic E-state index is -0.194. The molecule has 1 atom stereocenters. The fourth-order valence-electron chi connectivity index (χ4n) is 4.84. The molecule has 0 saturated heterocycles. The molecule has 0 saturated carbocycles. The van der Waals surface area contributed by atoms with Crippen molar-refractivity contribution in [1.82, 2.24) is 0 Å². The lowest BCUT2D eigenvalue weighted by Gasteiger charge is -2.23. The van der Waals surface area contributed by atoms with Crippen LogP contribution in [-0.4, -0.2) is 28.4 Å². The molecule has 0 aliphatic heterocycles. The Morgan fingerprint density at radius 3 is 2.00 bits per heavy atom. The first kappa shape index (κ1) is 25.4. The Kier molecular flexibility index (Phi) is 7.81. The van der Waals surface area contributed by atoms with Crippen LogP contribution in [0.15, 0.2) is 66.7 Å². The van der Waals surface area contributed by atoms with Gasteiger partial charge in [0.1, 0.15) is 12.1 Å². The van der Waals surface area contributed by atoms with Crippen molar-refractivity contribution in [2.75, 3.05) is 28.4 Å². The van der Waals surface area contributed by atoms with Gasteiger partial charge in [-0.15, -0.1) is 0 Å². The molecule has 6 nitrogen and oxygen atoms in total. The lowest BCUT2D eigenvalue weighted by atomic mass is 9.80. The Balaban J connectivity index is 1.90. The van der Waals surface area contributed by atoms with Crippen molar-refractivity contribution < 1.29 is 18.9 Å². The van der Waals surface area contributed by atoms with E-state index < -0.39 is 0 Å². The molecule has 4 aromatic carbocycles. The molecule has 0 amide bonds. The normalized spacial score (nSPS) is 11.3. The van der Waals surface area contributed by atoms with E-state index in [1.54, 1.807) is 34.5 Å². The molecular weight excluding hydrogens is 464 g/mol. The number of hydrogen-bond acceptors (Lipinski definition) is 6.